The summed E-state index contributed by atoms with van der Waals surface area (Å²) in [6.45, 7) is 2.65. The van der Waals surface area contributed by atoms with E-state index < -0.39 is 17.8 Å². The predicted molar refractivity (Wildman–Crippen MR) is 65.7 cm³/mol. The second-order valence-corrected chi connectivity index (χ2v) is 4.40. The zero-order chi connectivity index (χ0) is 14.5. The Morgan fingerprint density at radius 1 is 1.26 bits per heavy atom. The van der Waals surface area contributed by atoms with Gasteiger partial charge >= 0.3 is 6.18 Å². The number of hydrogen-bond donors (Lipinski definition) is 2. The van der Waals surface area contributed by atoms with E-state index in [4.69, 9.17) is 4.74 Å². The number of aliphatic hydroxyl groups is 1. The maximum absolute atomic E-state index is 12.4. The van der Waals surface area contributed by atoms with Crippen LogP contribution in [-0.2, 0) is 10.9 Å². The van der Waals surface area contributed by atoms with Crippen LogP contribution in [0.2, 0.25) is 0 Å². The molecule has 0 saturated heterocycles. The van der Waals surface area contributed by atoms with Crippen molar-refractivity contribution in [3.63, 3.8) is 0 Å². The molecule has 0 aromatic heterocycles. The normalized spacial score (nSPS) is 15.3. The maximum atomic E-state index is 12.4. The van der Waals surface area contributed by atoms with Gasteiger partial charge in [-0.25, -0.2) is 0 Å². The average Bonchev–Trinajstić information content (AvgIpc) is 2.35. The van der Waals surface area contributed by atoms with Gasteiger partial charge in [0, 0.05) is 19.7 Å². The summed E-state index contributed by atoms with van der Waals surface area (Å²) in [7, 11) is 1.57. The molecular formula is C13H18F3NO2. The van der Waals surface area contributed by atoms with Crippen molar-refractivity contribution in [3.05, 3.63) is 35.4 Å². The number of halogens is 3. The molecule has 0 spiro atoms. The number of rotatable bonds is 6. The van der Waals surface area contributed by atoms with Gasteiger partial charge in [-0.05, 0) is 24.6 Å². The topological polar surface area (TPSA) is 41.5 Å². The average molecular weight is 277 g/mol. The smallest absolute Gasteiger partial charge is 0.387 e. The first-order valence-corrected chi connectivity index (χ1v) is 5.92. The van der Waals surface area contributed by atoms with Crippen LogP contribution in [0.25, 0.3) is 0 Å². The maximum Gasteiger partial charge on any atom is 0.416 e. The van der Waals surface area contributed by atoms with Gasteiger partial charge in [0.1, 0.15) is 0 Å². The van der Waals surface area contributed by atoms with E-state index >= 15 is 0 Å². The molecule has 0 saturated carbocycles. The second kappa shape index (κ2) is 6.88. The van der Waals surface area contributed by atoms with E-state index in [1.807, 2.05) is 6.92 Å². The van der Waals surface area contributed by atoms with Gasteiger partial charge in [-0.3, -0.25) is 0 Å². The number of hydrogen-bond acceptors (Lipinski definition) is 3. The Labute approximate surface area is 110 Å². The van der Waals surface area contributed by atoms with Crippen LogP contribution in [0, 0.1) is 0 Å². The van der Waals surface area contributed by atoms with Crippen molar-refractivity contribution in [3.8, 4) is 0 Å². The number of ether oxygens (including phenoxy) is 1. The van der Waals surface area contributed by atoms with Gasteiger partial charge in [-0.15, -0.1) is 0 Å². The quantitative estimate of drug-likeness (QED) is 0.838. The molecule has 0 aliphatic carbocycles. The van der Waals surface area contributed by atoms with Crippen LogP contribution in [0.1, 0.15) is 24.2 Å². The Kier molecular flexibility index (Phi) is 5.78. The molecule has 0 fully saturated rings. The summed E-state index contributed by atoms with van der Waals surface area (Å²) in [5.74, 6) is 0. The first-order valence-electron chi connectivity index (χ1n) is 5.92. The second-order valence-electron chi connectivity index (χ2n) is 4.40. The molecule has 2 unspecified atom stereocenters. The molecular weight excluding hydrogens is 259 g/mol. The third kappa shape index (κ3) is 5.18. The lowest BCUT2D eigenvalue weighted by atomic mass is 10.1. The van der Waals surface area contributed by atoms with Crippen molar-refractivity contribution >= 4 is 0 Å². The molecule has 108 valence electrons. The molecule has 3 nitrogen and oxygen atoms in total. The van der Waals surface area contributed by atoms with Gasteiger partial charge < -0.3 is 15.2 Å². The molecule has 0 amide bonds. The number of aliphatic hydroxyl groups excluding tert-OH is 1. The molecule has 0 radical (unpaired) electrons. The zero-order valence-corrected chi connectivity index (χ0v) is 10.9. The van der Waals surface area contributed by atoms with Crippen molar-refractivity contribution in [1.29, 1.82) is 0 Å². The van der Waals surface area contributed by atoms with Gasteiger partial charge in [0.2, 0.25) is 0 Å². The van der Waals surface area contributed by atoms with Crippen molar-refractivity contribution in [2.45, 2.75) is 25.2 Å². The van der Waals surface area contributed by atoms with Crippen LogP contribution < -0.4 is 5.32 Å². The Bertz CT molecular complexity index is 378. The molecule has 6 heteroatoms. The summed E-state index contributed by atoms with van der Waals surface area (Å²) in [6, 6.07) is 4.58. The van der Waals surface area contributed by atoms with Crippen molar-refractivity contribution in [1.82, 2.24) is 5.32 Å². The monoisotopic (exact) mass is 277 g/mol. The minimum Gasteiger partial charge on any atom is -0.387 e. The predicted octanol–water partition coefficient (Wildman–Crippen LogP) is 2.36. The summed E-state index contributed by atoms with van der Waals surface area (Å²) in [5.41, 5.74) is -0.269. The number of methoxy groups -OCH3 is 1. The Morgan fingerprint density at radius 3 is 2.32 bits per heavy atom. The zero-order valence-electron chi connectivity index (χ0n) is 10.9. The van der Waals surface area contributed by atoms with E-state index in [2.05, 4.69) is 5.32 Å². The SMILES string of the molecule is COCC(C)NCC(O)c1ccc(C(F)(F)F)cc1. The van der Waals surface area contributed by atoms with Crippen molar-refractivity contribution < 1.29 is 23.0 Å². The van der Waals surface area contributed by atoms with Gasteiger partial charge in [-0.2, -0.15) is 13.2 Å². The Balaban J connectivity index is 2.56. The molecule has 2 atom stereocenters. The van der Waals surface area contributed by atoms with Crippen LogP contribution in [0.3, 0.4) is 0 Å². The van der Waals surface area contributed by atoms with Crippen LogP contribution in [-0.4, -0.2) is 31.4 Å². The number of nitrogens with one attached hydrogen (secondary N) is 1. The van der Waals surface area contributed by atoms with Crippen molar-refractivity contribution in [2.75, 3.05) is 20.3 Å². The lowest BCUT2D eigenvalue weighted by Gasteiger charge is -2.17. The van der Waals surface area contributed by atoms with E-state index in [1.165, 1.54) is 12.1 Å². The minimum atomic E-state index is -4.35. The fourth-order valence-corrected chi connectivity index (χ4v) is 1.63. The number of alkyl halides is 3. The highest BCUT2D eigenvalue weighted by atomic mass is 19.4. The van der Waals surface area contributed by atoms with Crippen LogP contribution in [0.15, 0.2) is 24.3 Å². The Hall–Kier alpha value is -1.11. The van der Waals surface area contributed by atoms with Gasteiger partial charge in [-0.1, -0.05) is 12.1 Å². The van der Waals surface area contributed by atoms with Gasteiger partial charge in [0.15, 0.2) is 0 Å². The van der Waals surface area contributed by atoms with E-state index in [0.29, 0.717) is 12.2 Å². The molecule has 2 N–H and O–H groups in total. The first kappa shape index (κ1) is 15.9. The van der Waals surface area contributed by atoms with Crippen LogP contribution >= 0.6 is 0 Å². The van der Waals surface area contributed by atoms with Crippen LogP contribution in [0.5, 0.6) is 0 Å². The molecule has 19 heavy (non-hydrogen) atoms. The highest BCUT2D eigenvalue weighted by Crippen LogP contribution is 2.29. The first-order chi connectivity index (χ1) is 8.84. The van der Waals surface area contributed by atoms with E-state index in [1.54, 1.807) is 7.11 Å². The Morgan fingerprint density at radius 2 is 1.84 bits per heavy atom. The van der Waals surface area contributed by atoms with E-state index in [-0.39, 0.29) is 12.6 Å². The summed E-state index contributed by atoms with van der Waals surface area (Å²) in [5, 5.41) is 12.9. The summed E-state index contributed by atoms with van der Waals surface area (Å²) < 4.78 is 42.0. The molecule has 0 heterocycles. The minimum absolute atomic E-state index is 0.0640. The highest BCUT2D eigenvalue weighted by Gasteiger charge is 2.30. The molecule has 0 aliphatic heterocycles. The molecule has 1 aromatic rings. The number of benzene rings is 1. The van der Waals surface area contributed by atoms with E-state index in [0.717, 1.165) is 12.1 Å². The molecule has 0 aliphatic rings. The van der Waals surface area contributed by atoms with Crippen molar-refractivity contribution in [2.24, 2.45) is 0 Å². The lowest BCUT2D eigenvalue weighted by molar-refractivity contribution is -0.137. The molecule has 0 bridgehead atoms. The summed E-state index contributed by atoms with van der Waals surface area (Å²) in [6.07, 6.45) is -5.20. The van der Waals surface area contributed by atoms with Crippen LogP contribution in [0.4, 0.5) is 13.2 Å². The highest BCUT2D eigenvalue weighted by molar-refractivity contribution is 5.26. The third-order valence-corrected chi connectivity index (χ3v) is 2.70. The standard InChI is InChI=1S/C13H18F3NO2/c1-9(8-19-2)17-7-12(18)10-3-5-11(6-4-10)13(14,15)16/h3-6,9,12,17-18H,7-8H2,1-2H3. The molecule has 1 rings (SSSR count). The van der Waals surface area contributed by atoms with Gasteiger partial charge in [0.05, 0.1) is 18.3 Å². The molecule has 1 aromatic carbocycles. The largest absolute Gasteiger partial charge is 0.416 e. The summed E-state index contributed by atoms with van der Waals surface area (Å²) in [4.78, 5) is 0. The fourth-order valence-electron chi connectivity index (χ4n) is 1.63. The van der Waals surface area contributed by atoms with E-state index in [9.17, 15) is 18.3 Å². The summed E-state index contributed by atoms with van der Waals surface area (Å²) >= 11 is 0. The fraction of sp³-hybridized carbons (Fsp3) is 0.538. The lowest BCUT2D eigenvalue weighted by Crippen LogP contribution is -2.33. The third-order valence-electron chi connectivity index (χ3n) is 2.70. The van der Waals surface area contributed by atoms with Gasteiger partial charge in [0.25, 0.3) is 0 Å².